The topological polar surface area (TPSA) is 81.0 Å². The smallest absolute Gasteiger partial charge is 0.254 e. The summed E-state index contributed by atoms with van der Waals surface area (Å²) in [4.78, 5) is 14.0. The van der Waals surface area contributed by atoms with Gasteiger partial charge in [-0.3, -0.25) is 4.79 Å². The first-order valence-corrected chi connectivity index (χ1v) is 6.53. The maximum Gasteiger partial charge on any atom is 0.254 e. The number of carbonyl (C=O) groups excluding carboxylic acids is 1. The average molecular weight is 265 g/mol. The summed E-state index contributed by atoms with van der Waals surface area (Å²) in [5, 5.41) is 28.2. The van der Waals surface area contributed by atoms with Crippen molar-refractivity contribution in [2.24, 2.45) is 5.92 Å². The van der Waals surface area contributed by atoms with Crippen LogP contribution in [0.15, 0.2) is 12.1 Å². The van der Waals surface area contributed by atoms with Crippen LogP contribution in [0.25, 0.3) is 0 Å². The Morgan fingerprint density at radius 1 is 1.16 bits per heavy atom. The van der Waals surface area contributed by atoms with Crippen LogP contribution in [0, 0.1) is 5.92 Å². The molecule has 0 aromatic heterocycles. The van der Waals surface area contributed by atoms with Crippen LogP contribution in [0.4, 0.5) is 0 Å². The standard InChI is InChI=1S/C14H19NO4/c1-9-3-2-5-15(6-4-9)14(19)10-7-11(16)13(18)12(17)8-10/h7-9,16-18H,2-6H2,1H3. The molecular formula is C14H19NO4. The zero-order valence-electron chi connectivity index (χ0n) is 11.0. The van der Waals surface area contributed by atoms with Gasteiger partial charge in [0, 0.05) is 18.7 Å². The van der Waals surface area contributed by atoms with Gasteiger partial charge in [0.25, 0.3) is 5.91 Å². The van der Waals surface area contributed by atoms with Gasteiger partial charge in [0.1, 0.15) is 0 Å². The number of amides is 1. The van der Waals surface area contributed by atoms with E-state index >= 15 is 0 Å². The summed E-state index contributed by atoms with van der Waals surface area (Å²) in [5.74, 6) is -1.17. The molecule has 1 atom stereocenters. The SMILES string of the molecule is CC1CCCN(C(=O)c2cc(O)c(O)c(O)c2)CC1. The van der Waals surface area contributed by atoms with E-state index in [9.17, 15) is 20.1 Å². The van der Waals surface area contributed by atoms with Gasteiger partial charge in [0.2, 0.25) is 0 Å². The number of likely N-dealkylation sites (tertiary alicyclic amines) is 1. The minimum absolute atomic E-state index is 0.197. The second kappa shape index (κ2) is 5.38. The van der Waals surface area contributed by atoms with E-state index in [1.165, 1.54) is 12.1 Å². The molecule has 0 saturated carbocycles. The van der Waals surface area contributed by atoms with E-state index in [1.54, 1.807) is 4.90 Å². The van der Waals surface area contributed by atoms with E-state index in [-0.39, 0.29) is 11.5 Å². The van der Waals surface area contributed by atoms with Gasteiger partial charge in [0.05, 0.1) is 0 Å². The Bertz CT molecular complexity index is 463. The lowest BCUT2D eigenvalue weighted by molar-refractivity contribution is 0.0759. The van der Waals surface area contributed by atoms with Gasteiger partial charge in [-0.1, -0.05) is 6.92 Å². The highest BCUT2D eigenvalue weighted by Gasteiger charge is 2.21. The molecule has 5 nitrogen and oxygen atoms in total. The van der Waals surface area contributed by atoms with Crippen LogP contribution in [0.5, 0.6) is 17.2 Å². The molecule has 0 spiro atoms. The lowest BCUT2D eigenvalue weighted by Gasteiger charge is -2.20. The zero-order chi connectivity index (χ0) is 14.0. The number of benzene rings is 1. The van der Waals surface area contributed by atoms with Gasteiger partial charge in [0.15, 0.2) is 17.2 Å². The van der Waals surface area contributed by atoms with Gasteiger partial charge in [-0.05, 0) is 37.3 Å². The van der Waals surface area contributed by atoms with Crippen LogP contribution in [-0.2, 0) is 0 Å². The number of hydrogen-bond acceptors (Lipinski definition) is 4. The molecule has 19 heavy (non-hydrogen) atoms. The van der Waals surface area contributed by atoms with Crippen molar-refractivity contribution in [3.05, 3.63) is 17.7 Å². The molecular weight excluding hydrogens is 246 g/mol. The van der Waals surface area contributed by atoms with Crippen molar-refractivity contribution in [2.45, 2.75) is 26.2 Å². The second-order valence-electron chi connectivity index (χ2n) is 5.19. The molecule has 1 heterocycles. The summed E-state index contributed by atoms with van der Waals surface area (Å²) < 4.78 is 0. The third-order valence-electron chi connectivity index (χ3n) is 3.62. The van der Waals surface area contributed by atoms with Crippen LogP contribution >= 0.6 is 0 Å². The molecule has 1 aromatic rings. The lowest BCUT2D eigenvalue weighted by atomic mass is 10.0. The molecule has 1 fully saturated rings. The number of nitrogens with zero attached hydrogens (tertiary/aromatic N) is 1. The van der Waals surface area contributed by atoms with E-state index in [0.29, 0.717) is 19.0 Å². The Morgan fingerprint density at radius 2 is 1.79 bits per heavy atom. The van der Waals surface area contributed by atoms with Gasteiger partial charge < -0.3 is 20.2 Å². The number of carbonyl (C=O) groups is 1. The third-order valence-corrected chi connectivity index (χ3v) is 3.62. The molecule has 0 bridgehead atoms. The van der Waals surface area contributed by atoms with Crippen LogP contribution < -0.4 is 0 Å². The Kier molecular flexibility index (Phi) is 3.83. The van der Waals surface area contributed by atoms with Gasteiger partial charge >= 0.3 is 0 Å². The van der Waals surface area contributed by atoms with E-state index in [0.717, 1.165) is 19.3 Å². The van der Waals surface area contributed by atoms with Crippen molar-refractivity contribution >= 4 is 5.91 Å². The lowest BCUT2D eigenvalue weighted by Crippen LogP contribution is -2.31. The quantitative estimate of drug-likeness (QED) is 0.679. The van der Waals surface area contributed by atoms with Gasteiger partial charge in [-0.2, -0.15) is 0 Å². The van der Waals surface area contributed by atoms with E-state index in [2.05, 4.69) is 6.92 Å². The monoisotopic (exact) mass is 265 g/mol. The maximum absolute atomic E-state index is 12.3. The van der Waals surface area contributed by atoms with Crippen LogP contribution in [0.2, 0.25) is 0 Å². The van der Waals surface area contributed by atoms with E-state index < -0.39 is 17.2 Å². The fourth-order valence-electron chi connectivity index (χ4n) is 2.38. The van der Waals surface area contributed by atoms with Gasteiger partial charge in [-0.15, -0.1) is 0 Å². The highest BCUT2D eigenvalue weighted by atomic mass is 16.3. The van der Waals surface area contributed by atoms with Crippen LogP contribution in [0.1, 0.15) is 36.5 Å². The summed E-state index contributed by atoms with van der Waals surface area (Å²) in [6.45, 7) is 3.54. The molecule has 2 rings (SSSR count). The molecule has 3 N–H and O–H groups in total. The van der Waals surface area contributed by atoms with Crippen LogP contribution in [0.3, 0.4) is 0 Å². The summed E-state index contributed by atoms with van der Waals surface area (Å²) in [5.41, 5.74) is 0.197. The molecule has 1 amide bonds. The molecule has 1 unspecified atom stereocenters. The average Bonchev–Trinajstić information content (AvgIpc) is 2.59. The first kappa shape index (κ1) is 13.5. The first-order chi connectivity index (χ1) is 8.99. The molecule has 0 radical (unpaired) electrons. The Balaban J connectivity index is 2.19. The Labute approximate surface area is 112 Å². The zero-order valence-corrected chi connectivity index (χ0v) is 11.0. The summed E-state index contributed by atoms with van der Waals surface area (Å²) in [6.07, 6.45) is 3.03. The highest BCUT2D eigenvalue weighted by molar-refractivity contribution is 5.95. The third kappa shape index (κ3) is 2.92. The summed E-state index contributed by atoms with van der Waals surface area (Å²) in [6, 6.07) is 2.37. The van der Waals surface area contributed by atoms with E-state index in [4.69, 9.17) is 0 Å². The summed E-state index contributed by atoms with van der Waals surface area (Å²) >= 11 is 0. The molecule has 1 saturated heterocycles. The normalized spacial score (nSPS) is 20.1. The van der Waals surface area contributed by atoms with Crippen LogP contribution in [-0.4, -0.2) is 39.2 Å². The van der Waals surface area contributed by atoms with Crippen molar-refractivity contribution in [2.75, 3.05) is 13.1 Å². The number of rotatable bonds is 1. The molecule has 1 aliphatic rings. The van der Waals surface area contributed by atoms with Crippen molar-refractivity contribution in [1.29, 1.82) is 0 Å². The number of aromatic hydroxyl groups is 3. The fourth-order valence-corrected chi connectivity index (χ4v) is 2.38. The molecule has 1 aliphatic heterocycles. The fraction of sp³-hybridized carbons (Fsp3) is 0.500. The predicted molar refractivity (Wildman–Crippen MR) is 70.4 cm³/mol. The van der Waals surface area contributed by atoms with Crippen molar-refractivity contribution in [3.8, 4) is 17.2 Å². The minimum atomic E-state index is -0.596. The van der Waals surface area contributed by atoms with Crippen molar-refractivity contribution in [1.82, 2.24) is 4.90 Å². The first-order valence-electron chi connectivity index (χ1n) is 6.53. The molecule has 0 aliphatic carbocycles. The Hall–Kier alpha value is -1.91. The molecule has 104 valence electrons. The predicted octanol–water partition coefficient (Wildman–Crippen LogP) is 2.07. The number of phenolic OH excluding ortho intramolecular Hbond substituents is 3. The minimum Gasteiger partial charge on any atom is -0.504 e. The number of hydrogen-bond donors (Lipinski definition) is 3. The van der Waals surface area contributed by atoms with Gasteiger partial charge in [-0.25, -0.2) is 0 Å². The maximum atomic E-state index is 12.3. The highest BCUT2D eigenvalue weighted by Crippen LogP contribution is 2.35. The van der Waals surface area contributed by atoms with E-state index in [1.807, 2.05) is 0 Å². The number of phenols is 3. The largest absolute Gasteiger partial charge is 0.504 e. The van der Waals surface area contributed by atoms with Crippen molar-refractivity contribution in [3.63, 3.8) is 0 Å². The second-order valence-corrected chi connectivity index (χ2v) is 5.19. The van der Waals surface area contributed by atoms with Crippen molar-refractivity contribution < 1.29 is 20.1 Å². The molecule has 1 aromatic carbocycles. The Morgan fingerprint density at radius 3 is 2.42 bits per heavy atom. The molecule has 5 heteroatoms. The summed E-state index contributed by atoms with van der Waals surface area (Å²) in [7, 11) is 0.